The maximum Gasteiger partial charge on any atom is 0.196 e. The second-order valence-electron chi connectivity index (χ2n) is 6.80. The minimum Gasteiger partial charge on any atom is -0.494 e. The Morgan fingerprint density at radius 2 is 1.72 bits per heavy atom. The molecule has 32 heavy (non-hydrogen) atoms. The third kappa shape index (κ3) is 5.15. The van der Waals surface area contributed by atoms with Crippen molar-refractivity contribution in [1.29, 1.82) is 0 Å². The number of Topliss-reactive ketones (excluding diaryl/α,β-unsaturated/α-hetero) is 1. The average molecular weight is 484 g/mol. The van der Waals surface area contributed by atoms with Crippen molar-refractivity contribution in [3.05, 3.63) is 88.4 Å². The summed E-state index contributed by atoms with van der Waals surface area (Å²) in [7, 11) is 0. The number of nitrogens with zero attached hydrogens (tertiary/aromatic N) is 3. The van der Waals surface area contributed by atoms with E-state index in [0.29, 0.717) is 33.2 Å². The van der Waals surface area contributed by atoms with Crippen molar-refractivity contribution in [1.82, 2.24) is 14.8 Å². The summed E-state index contributed by atoms with van der Waals surface area (Å²) in [6, 6.07) is 22.0. The molecule has 0 radical (unpaired) electrons. The van der Waals surface area contributed by atoms with Crippen LogP contribution in [0.3, 0.4) is 0 Å². The molecule has 162 valence electrons. The smallest absolute Gasteiger partial charge is 0.196 e. The molecule has 0 spiro atoms. The molecule has 4 rings (SSSR count). The number of thioether (sulfide) groups is 1. The number of carbonyl (C=O) groups excluding carboxylic acids is 1. The van der Waals surface area contributed by atoms with Gasteiger partial charge in [-0.2, -0.15) is 0 Å². The van der Waals surface area contributed by atoms with Crippen LogP contribution in [0.2, 0.25) is 10.0 Å². The van der Waals surface area contributed by atoms with Gasteiger partial charge in [0.05, 0.1) is 12.4 Å². The van der Waals surface area contributed by atoms with Gasteiger partial charge in [-0.3, -0.25) is 9.36 Å². The average Bonchev–Trinajstić information content (AvgIpc) is 3.23. The van der Waals surface area contributed by atoms with E-state index in [1.165, 1.54) is 11.8 Å². The lowest BCUT2D eigenvalue weighted by Gasteiger charge is -2.11. The molecule has 0 aliphatic carbocycles. The highest BCUT2D eigenvalue weighted by molar-refractivity contribution is 7.99. The molecule has 0 atom stereocenters. The van der Waals surface area contributed by atoms with Crippen molar-refractivity contribution in [2.45, 2.75) is 12.1 Å². The molecule has 8 heteroatoms. The predicted octanol–water partition coefficient (Wildman–Crippen LogP) is 6.61. The van der Waals surface area contributed by atoms with E-state index in [2.05, 4.69) is 10.2 Å². The van der Waals surface area contributed by atoms with Crippen LogP contribution in [0.5, 0.6) is 5.75 Å². The summed E-state index contributed by atoms with van der Waals surface area (Å²) in [5.74, 6) is 1.61. The van der Waals surface area contributed by atoms with Crippen LogP contribution >= 0.6 is 35.0 Å². The van der Waals surface area contributed by atoms with Gasteiger partial charge in [-0.05, 0) is 67.6 Å². The van der Waals surface area contributed by atoms with Gasteiger partial charge in [0.25, 0.3) is 0 Å². The van der Waals surface area contributed by atoms with Crippen LogP contribution in [-0.2, 0) is 0 Å². The van der Waals surface area contributed by atoms with Gasteiger partial charge < -0.3 is 4.74 Å². The fraction of sp³-hybridized carbons (Fsp3) is 0.125. The first-order valence-electron chi connectivity index (χ1n) is 9.91. The van der Waals surface area contributed by atoms with E-state index in [0.717, 1.165) is 17.0 Å². The van der Waals surface area contributed by atoms with Crippen LogP contribution in [0, 0.1) is 0 Å². The zero-order chi connectivity index (χ0) is 22.5. The van der Waals surface area contributed by atoms with Crippen molar-refractivity contribution in [2.75, 3.05) is 12.4 Å². The Kier molecular flexibility index (Phi) is 7.15. The Bertz CT molecular complexity index is 1220. The molecule has 0 unspecified atom stereocenters. The van der Waals surface area contributed by atoms with E-state index in [-0.39, 0.29) is 11.5 Å². The van der Waals surface area contributed by atoms with Crippen molar-refractivity contribution < 1.29 is 9.53 Å². The van der Waals surface area contributed by atoms with Crippen LogP contribution < -0.4 is 4.74 Å². The van der Waals surface area contributed by atoms with E-state index >= 15 is 0 Å². The van der Waals surface area contributed by atoms with Gasteiger partial charge in [0.15, 0.2) is 16.8 Å². The number of carbonyl (C=O) groups is 1. The Balaban J connectivity index is 1.67. The van der Waals surface area contributed by atoms with Gasteiger partial charge >= 0.3 is 0 Å². The van der Waals surface area contributed by atoms with Crippen LogP contribution in [-0.4, -0.2) is 32.9 Å². The molecular weight excluding hydrogens is 465 g/mol. The summed E-state index contributed by atoms with van der Waals surface area (Å²) in [4.78, 5) is 12.7. The first-order valence-corrected chi connectivity index (χ1v) is 11.7. The van der Waals surface area contributed by atoms with Crippen LogP contribution in [0.1, 0.15) is 17.3 Å². The number of benzene rings is 3. The van der Waals surface area contributed by atoms with E-state index in [1.807, 2.05) is 60.0 Å². The van der Waals surface area contributed by atoms with Gasteiger partial charge in [0.1, 0.15) is 5.75 Å². The third-order valence-electron chi connectivity index (χ3n) is 4.62. The predicted molar refractivity (Wildman–Crippen MR) is 129 cm³/mol. The largest absolute Gasteiger partial charge is 0.494 e. The van der Waals surface area contributed by atoms with Crippen LogP contribution in [0.15, 0.2) is 78.0 Å². The normalized spacial score (nSPS) is 10.8. The Morgan fingerprint density at radius 3 is 2.41 bits per heavy atom. The van der Waals surface area contributed by atoms with Crippen LogP contribution in [0.25, 0.3) is 17.1 Å². The second-order valence-corrected chi connectivity index (χ2v) is 8.61. The number of hydrogen-bond acceptors (Lipinski definition) is 5. The Labute approximate surface area is 200 Å². The molecule has 5 nitrogen and oxygen atoms in total. The zero-order valence-electron chi connectivity index (χ0n) is 17.2. The summed E-state index contributed by atoms with van der Waals surface area (Å²) >= 11 is 13.5. The molecule has 0 N–H and O–H groups in total. The van der Waals surface area contributed by atoms with E-state index in [1.54, 1.807) is 24.3 Å². The topological polar surface area (TPSA) is 57.0 Å². The maximum absolute atomic E-state index is 12.7. The van der Waals surface area contributed by atoms with Gasteiger partial charge in [-0.25, -0.2) is 0 Å². The third-order valence-corrected chi connectivity index (χ3v) is 6.04. The minimum absolute atomic E-state index is 0.0165. The lowest BCUT2D eigenvalue weighted by atomic mass is 10.1. The highest BCUT2D eigenvalue weighted by atomic mass is 35.5. The maximum atomic E-state index is 12.7. The molecule has 0 fully saturated rings. The highest BCUT2D eigenvalue weighted by Gasteiger charge is 2.18. The van der Waals surface area contributed by atoms with Crippen molar-refractivity contribution in [3.8, 4) is 22.8 Å². The first-order chi connectivity index (χ1) is 15.5. The monoisotopic (exact) mass is 483 g/mol. The number of halogens is 2. The van der Waals surface area contributed by atoms with E-state index in [9.17, 15) is 4.79 Å². The van der Waals surface area contributed by atoms with Crippen molar-refractivity contribution in [2.24, 2.45) is 0 Å². The summed E-state index contributed by atoms with van der Waals surface area (Å²) < 4.78 is 7.48. The number of ketones is 1. The highest BCUT2D eigenvalue weighted by Crippen LogP contribution is 2.30. The number of hydrogen-bond donors (Lipinski definition) is 0. The Hall–Kier alpha value is -2.80. The van der Waals surface area contributed by atoms with Gasteiger partial charge in [0, 0.05) is 26.9 Å². The summed E-state index contributed by atoms with van der Waals surface area (Å²) in [5, 5.41) is 10.6. The molecule has 1 heterocycles. The molecule has 0 amide bonds. The molecule has 0 saturated carbocycles. The second kappa shape index (κ2) is 10.2. The zero-order valence-corrected chi connectivity index (χ0v) is 19.5. The fourth-order valence-electron chi connectivity index (χ4n) is 3.12. The van der Waals surface area contributed by atoms with Gasteiger partial charge in [-0.1, -0.05) is 47.1 Å². The minimum atomic E-state index is -0.0165. The number of aromatic nitrogens is 3. The lowest BCUT2D eigenvalue weighted by Crippen LogP contribution is -2.05. The SMILES string of the molecule is CCOc1ccc(-n2c(SCC(=O)c3ccc(Cl)cc3)nnc2-c2cccc(Cl)c2)cc1. The number of ether oxygens (including phenoxy) is 1. The molecule has 0 aliphatic heterocycles. The Morgan fingerprint density at radius 1 is 0.969 bits per heavy atom. The summed E-state index contributed by atoms with van der Waals surface area (Å²) in [5.41, 5.74) is 2.29. The molecule has 0 aliphatic rings. The molecular formula is C24H19Cl2N3O2S. The summed E-state index contributed by atoms with van der Waals surface area (Å²) in [6.45, 7) is 2.53. The molecule has 0 saturated heterocycles. The van der Waals surface area contributed by atoms with Crippen molar-refractivity contribution >= 4 is 40.7 Å². The number of rotatable bonds is 8. The van der Waals surface area contributed by atoms with Gasteiger partial charge in [-0.15, -0.1) is 10.2 Å². The molecule has 3 aromatic carbocycles. The summed E-state index contributed by atoms with van der Waals surface area (Å²) in [6.07, 6.45) is 0. The van der Waals surface area contributed by atoms with Crippen molar-refractivity contribution in [3.63, 3.8) is 0 Å². The quantitative estimate of drug-likeness (QED) is 0.208. The first kappa shape index (κ1) is 22.4. The standard InChI is InChI=1S/C24H19Cl2N3O2S/c1-2-31-21-12-10-20(11-13-21)29-23(17-4-3-5-19(26)14-17)27-28-24(29)32-15-22(30)16-6-8-18(25)9-7-16/h3-14H,2,15H2,1H3. The van der Waals surface area contributed by atoms with Gasteiger partial charge in [0.2, 0.25) is 0 Å². The lowest BCUT2D eigenvalue weighted by molar-refractivity contribution is 0.102. The van der Waals surface area contributed by atoms with E-state index < -0.39 is 0 Å². The molecule has 0 bridgehead atoms. The molecule has 1 aromatic heterocycles. The molecule has 4 aromatic rings. The van der Waals surface area contributed by atoms with Crippen LogP contribution in [0.4, 0.5) is 0 Å². The van der Waals surface area contributed by atoms with E-state index in [4.69, 9.17) is 27.9 Å². The fourth-order valence-corrected chi connectivity index (χ4v) is 4.28.